The van der Waals surface area contributed by atoms with E-state index in [0.717, 1.165) is 34.6 Å². The van der Waals surface area contributed by atoms with Crippen LogP contribution in [0.4, 0.5) is 14.6 Å². The molecule has 2 aromatic heterocycles. The average Bonchev–Trinajstić information content (AvgIpc) is 2.77. The highest BCUT2D eigenvalue weighted by molar-refractivity contribution is 7.18. The first kappa shape index (κ1) is 12.4. The zero-order valence-corrected chi connectivity index (χ0v) is 12.0. The zero-order chi connectivity index (χ0) is 14.0. The van der Waals surface area contributed by atoms with Crippen LogP contribution in [0.1, 0.15) is 24.8 Å². The minimum atomic E-state index is -2.48. The van der Waals surface area contributed by atoms with Crippen molar-refractivity contribution >= 4 is 27.4 Å². The molecule has 1 saturated carbocycles. The molecule has 20 heavy (non-hydrogen) atoms. The van der Waals surface area contributed by atoms with Crippen molar-refractivity contribution in [2.45, 2.75) is 32.1 Å². The molecule has 0 aromatic carbocycles. The Labute approximate surface area is 119 Å². The van der Waals surface area contributed by atoms with E-state index in [4.69, 9.17) is 0 Å². The van der Waals surface area contributed by atoms with Gasteiger partial charge in [-0.1, -0.05) is 0 Å². The predicted molar refractivity (Wildman–Crippen MR) is 75.6 cm³/mol. The molecule has 3 nitrogen and oxygen atoms in total. The normalized spacial score (nSPS) is 28.2. The maximum Gasteiger partial charge on any atom is 0.256 e. The third-order valence-corrected chi connectivity index (χ3v) is 5.68. The smallest absolute Gasteiger partial charge is 0.256 e. The Morgan fingerprint density at radius 3 is 2.90 bits per heavy atom. The summed E-state index contributed by atoms with van der Waals surface area (Å²) in [5.74, 6) is -1.65. The Bertz CT molecular complexity index is 684. The molecule has 0 radical (unpaired) electrons. The predicted octanol–water partition coefficient (Wildman–Crippen LogP) is 3.63. The molecule has 3 heterocycles. The Morgan fingerprint density at radius 2 is 2.15 bits per heavy atom. The molecule has 1 unspecified atom stereocenters. The van der Waals surface area contributed by atoms with Crippen molar-refractivity contribution in [3.8, 4) is 0 Å². The fraction of sp³-hybridized carbons (Fsp3) is 0.571. The quantitative estimate of drug-likeness (QED) is 0.804. The molecule has 0 N–H and O–H groups in total. The van der Waals surface area contributed by atoms with Gasteiger partial charge in [-0.05, 0) is 30.7 Å². The molecule has 2 aromatic rings. The first-order valence-electron chi connectivity index (χ1n) is 6.84. The van der Waals surface area contributed by atoms with Crippen molar-refractivity contribution in [1.82, 2.24) is 9.97 Å². The second-order valence-corrected chi connectivity index (χ2v) is 6.86. The molecular weight excluding hydrogens is 280 g/mol. The number of hydrogen-bond donors (Lipinski definition) is 0. The van der Waals surface area contributed by atoms with Gasteiger partial charge in [0.25, 0.3) is 5.92 Å². The lowest BCUT2D eigenvalue weighted by Crippen LogP contribution is -2.39. The van der Waals surface area contributed by atoms with Crippen molar-refractivity contribution in [3.63, 3.8) is 0 Å². The minimum absolute atomic E-state index is 0.0359. The first-order chi connectivity index (χ1) is 9.52. The van der Waals surface area contributed by atoms with E-state index in [1.165, 1.54) is 0 Å². The number of nitrogens with zero attached hydrogens (tertiary/aromatic N) is 3. The zero-order valence-electron chi connectivity index (χ0n) is 11.2. The van der Waals surface area contributed by atoms with Crippen LogP contribution in [0.15, 0.2) is 11.7 Å². The highest BCUT2D eigenvalue weighted by atomic mass is 32.1. The number of piperidine rings is 1. The number of thiophene rings is 1. The number of hydrogen-bond acceptors (Lipinski definition) is 4. The van der Waals surface area contributed by atoms with Crippen LogP contribution in [0.25, 0.3) is 10.2 Å². The second kappa shape index (κ2) is 3.87. The van der Waals surface area contributed by atoms with Gasteiger partial charge in [-0.3, -0.25) is 0 Å². The van der Waals surface area contributed by atoms with E-state index in [-0.39, 0.29) is 6.42 Å². The first-order valence-corrected chi connectivity index (χ1v) is 7.72. The van der Waals surface area contributed by atoms with E-state index in [1.807, 2.05) is 17.2 Å². The van der Waals surface area contributed by atoms with E-state index in [2.05, 4.69) is 9.97 Å². The van der Waals surface area contributed by atoms with E-state index < -0.39 is 11.3 Å². The van der Waals surface area contributed by atoms with Crippen LogP contribution in [0.3, 0.4) is 0 Å². The van der Waals surface area contributed by atoms with Crippen molar-refractivity contribution < 1.29 is 8.78 Å². The van der Waals surface area contributed by atoms with Gasteiger partial charge >= 0.3 is 0 Å². The standard InChI is InChI=1S/C14H15F2N3S/c1-9-5-20-11-10(9)17-8-18-12(11)19-4-2-3-13(7-19)6-14(13,15)16/h5,8H,2-4,6-7H2,1H3. The fourth-order valence-electron chi connectivity index (χ4n) is 3.32. The molecule has 2 aliphatic rings. The molecule has 106 valence electrons. The third kappa shape index (κ3) is 1.60. The average molecular weight is 295 g/mol. The Morgan fingerprint density at radius 1 is 1.35 bits per heavy atom. The van der Waals surface area contributed by atoms with Crippen LogP contribution in [-0.2, 0) is 0 Å². The lowest BCUT2D eigenvalue weighted by molar-refractivity contribution is 0.0575. The summed E-state index contributed by atoms with van der Waals surface area (Å²) in [7, 11) is 0. The van der Waals surface area contributed by atoms with Gasteiger partial charge in [-0.2, -0.15) is 0 Å². The van der Waals surface area contributed by atoms with Crippen LogP contribution in [0, 0.1) is 12.3 Å². The van der Waals surface area contributed by atoms with E-state index in [9.17, 15) is 8.78 Å². The van der Waals surface area contributed by atoms with Crippen molar-refractivity contribution in [2.24, 2.45) is 5.41 Å². The number of halogens is 2. The van der Waals surface area contributed by atoms with Crippen molar-refractivity contribution in [1.29, 1.82) is 0 Å². The van der Waals surface area contributed by atoms with Gasteiger partial charge in [0.15, 0.2) is 0 Å². The largest absolute Gasteiger partial charge is 0.355 e. The third-order valence-electron chi connectivity index (χ3n) is 4.60. The van der Waals surface area contributed by atoms with Gasteiger partial charge in [0.1, 0.15) is 12.1 Å². The highest BCUT2D eigenvalue weighted by Crippen LogP contribution is 2.64. The van der Waals surface area contributed by atoms with Crippen LogP contribution in [0.5, 0.6) is 0 Å². The molecule has 1 atom stereocenters. The van der Waals surface area contributed by atoms with Gasteiger partial charge in [0, 0.05) is 19.5 Å². The highest BCUT2D eigenvalue weighted by Gasteiger charge is 2.71. The number of anilines is 1. The number of fused-ring (bicyclic) bond motifs is 1. The Kier molecular flexibility index (Phi) is 2.41. The lowest BCUT2D eigenvalue weighted by atomic mass is 9.94. The summed E-state index contributed by atoms with van der Waals surface area (Å²) < 4.78 is 28.3. The molecular formula is C14H15F2N3S. The van der Waals surface area contributed by atoms with Gasteiger partial charge in [0.05, 0.1) is 15.6 Å². The molecule has 1 saturated heterocycles. The summed E-state index contributed by atoms with van der Waals surface area (Å²) in [4.78, 5) is 10.7. The molecule has 1 aliphatic heterocycles. The van der Waals surface area contributed by atoms with Crippen LogP contribution >= 0.6 is 11.3 Å². The summed E-state index contributed by atoms with van der Waals surface area (Å²) >= 11 is 1.60. The Balaban J connectivity index is 1.73. The van der Waals surface area contributed by atoms with Crippen LogP contribution in [0.2, 0.25) is 0 Å². The summed E-state index contributed by atoms with van der Waals surface area (Å²) in [6.45, 7) is 3.24. The fourth-order valence-corrected chi connectivity index (χ4v) is 4.34. The van der Waals surface area contributed by atoms with E-state index in [1.54, 1.807) is 17.7 Å². The molecule has 0 bridgehead atoms. The van der Waals surface area contributed by atoms with Crippen molar-refractivity contribution in [2.75, 3.05) is 18.0 Å². The van der Waals surface area contributed by atoms with Crippen LogP contribution in [-0.4, -0.2) is 29.0 Å². The molecule has 0 amide bonds. The number of aryl methyl sites for hydroxylation is 1. The summed E-state index contributed by atoms with van der Waals surface area (Å²) in [6.07, 6.45) is 3.03. The summed E-state index contributed by atoms with van der Waals surface area (Å²) in [5.41, 5.74) is 1.27. The van der Waals surface area contributed by atoms with Crippen LogP contribution < -0.4 is 4.90 Å². The monoisotopic (exact) mass is 295 g/mol. The van der Waals surface area contributed by atoms with Gasteiger partial charge in [0.2, 0.25) is 0 Å². The van der Waals surface area contributed by atoms with E-state index >= 15 is 0 Å². The maximum absolute atomic E-state index is 13.6. The molecule has 2 fully saturated rings. The molecule has 4 rings (SSSR count). The Hall–Kier alpha value is -1.30. The minimum Gasteiger partial charge on any atom is -0.355 e. The van der Waals surface area contributed by atoms with E-state index in [0.29, 0.717) is 13.0 Å². The lowest BCUT2D eigenvalue weighted by Gasteiger charge is -2.34. The van der Waals surface area contributed by atoms with Gasteiger partial charge < -0.3 is 4.90 Å². The second-order valence-electron chi connectivity index (χ2n) is 5.98. The number of aromatic nitrogens is 2. The summed E-state index contributed by atoms with van der Waals surface area (Å²) in [6, 6.07) is 0. The van der Waals surface area contributed by atoms with Gasteiger partial charge in [-0.25, -0.2) is 18.7 Å². The molecule has 1 aliphatic carbocycles. The topological polar surface area (TPSA) is 29.0 Å². The SMILES string of the molecule is Cc1csc2c(N3CCCC4(C3)CC4(F)F)ncnc12. The molecule has 1 spiro atoms. The van der Waals surface area contributed by atoms with Crippen molar-refractivity contribution in [3.05, 3.63) is 17.3 Å². The number of alkyl halides is 2. The molecule has 6 heteroatoms. The summed E-state index contributed by atoms with van der Waals surface area (Å²) in [5, 5.41) is 2.05. The van der Waals surface area contributed by atoms with Gasteiger partial charge in [-0.15, -0.1) is 11.3 Å². The number of rotatable bonds is 1. The maximum atomic E-state index is 13.6.